The lowest BCUT2D eigenvalue weighted by molar-refractivity contribution is -0.145. The van der Waals surface area contributed by atoms with Crippen LogP contribution in [0.15, 0.2) is 0 Å². The first-order valence-corrected chi connectivity index (χ1v) is 5.07. The highest BCUT2D eigenvalue weighted by Crippen LogP contribution is 2.33. The molecule has 16 heavy (non-hydrogen) atoms. The van der Waals surface area contributed by atoms with Crippen molar-refractivity contribution >= 4 is 0 Å². The van der Waals surface area contributed by atoms with Gasteiger partial charge >= 0.3 is 6.18 Å². The Kier molecular flexibility index (Phi) is 3.90. The molecule has 0 aliphatic carbocycles. The average molecular weight is 236 g/mol. The molecule has 0 saturated carbocycles. The third-order valence-corrected chi connectivity index (χ3v) is 2.39. The molecule has 4 nitrogen and oxygen atoms in total. The van der Waals surface area contributed by atoms with Gasteiger partial charge < -0.3 is 5.32 Å². The molecule has 1 aromatic rings. The Morgan fingerprint density at radius 2 is 2.06 bits per heavy atom. The first-order valence-electron chi connectivity index (χ1n) is 5.07. The van der Waals surface area contributed by atoms with Crippen LogP contribution in [0.25, 0.3) is 0 Å². The fraction of sp³-hybridized carbons (Fsp3) is 0.778. The van der Waals surface area contributed by atoms with Crippen LogP contribution >= 0.6 is 0 Å². The van der Waals surface area contributed by atoms with Gasteiger partial charge in [0.15, 0.2) is 5.69 Å². The molecule has 0 aliphatic rings. The van der Waals surface area contributed by atoms with E-state index in [4.69, 9.17) is 0 Å². The van der Waals surface area contributed by atoms with Crippen molar-refractivity contribution in [2.45, 2.75) is 39.0 Å². The molecule has 0 radical (unpaired) electrons. The van der Waals surface area contributed by atoms with Crippen molar-refractivity contribution < 1.29 is 13.2 Å². The second-order valence-corrected chi connectivity index (χ2v) is 3.61. The topological polar surface area (TPSA) is 42.7 Å². The number of aromatic nitrogens is 3. The van der Waals surface area contributed by atoms with E-state index in [0.717, 1.165) is 4.68 Å². The Balaban J connectivity index is 3.19. The molecule has 1 unspecified atom stereocenters. The Morgan fingerprint density at radius 3 is 2.50 bits per heavy atom. The molecule has 1 atom stereocenters. The molecule has 1 N–H and O–H groups in total. The maximum absolute atomic E-state index is 12.8. The largest absolute Gasteiger partial charge is 0.434 e. The van der Waals surface area contributed by atoms with Crippen molar-refractivity contribution in [1.29, 1.82) is 0 Å². The molecule has 0 amide bonds. The van der Waals surface area contributed by atoms with E-state index in [1.54, 1.807) is 14.0 Å². The fourth-order valence-electron chi connectivity index (χ4n) is 1.39. The Hall–Kier alpha value is -1.11. The number of rotatable bonds is 4. The van der Waals surface area contributed by atoms with Crippen LogP contribution in [0.4, 0.5) is 13.2 Å². The van der Waals surface area contributed by atoms with Gasteiger partial charge in [0.25, 0.3) is 0 Å². The number of halogens is 3. The zero-order valence-electron chi connectivity index (χ0n) is 9.47. The summed E-state index contributed by atoms with van der Waals surface area (Å²) in [5, 5.41) is 9.80. The molecule has 0 saturated heterocycles. The summed E-state index contributed by atoms with van der Waals surface area (Å²) in [6.07, 6.45) is -3.84. The van der Waals surface area contributed by atoms with Gasteiger partial charge in [0, 0.05) is 6.54 Å². The molecule has 1 aromatic heterocycles. The molecule has 0 spiro atoms. The van der Waals surface area contributed by atoms with Gasteiger partial charge in [-0.1, -0.05) is 12.1 Å². The Labute approximate surface area is 91.8 Å². The molecule has 0 aliphatic heterocycles. The minimum Gasteiger partial charge on any atom is -0.314 e. The van der Waals surface area contributed by atoms with Gasteiger partial charge in [-0.25, -0.2) is 4.68 Å². The standard InChI is InChI=1S/C9H15F3N4/c1-4-6(2)16-8(9(10,11)12)7(5-13-3)14-15-16/h6,13H,4-5H2,1-3H3. The summed E-state index contributed by atoms with van der Waals surface area (Å²) in [4.78, 5) is 0. The van der Waals surface area contributed by atoms with Crippen LogP contribution in [0.3, 0.4) is 0 Å². The molecule has 0 aromatic carbocycles. The lowest BCUT2D eigenvalue weighted by Gasteiger charge is -2.15. The van der Waals surface area contributed by atoms with E-state index in [2.05, 4.69) is 15.6 Å². The number of hydrogen-bond donors (Lipinski definition) is 1. The molecule has 7 heteroatoms. The van der Waals surface area contributed by atoms with E-state index in [9.17, 15) is 13.2 Å². The summed E-state index contributed by atoms with van der Waals surface area (Å²) in [6, 6.07) is -0.310. The lowest BCUT2D eigenvalue weighted by atomic mass is 10.2. The second-order valence-electron chi connectivity index (χ2n) is 3.61. The van der Waals surface area contributed by atoms with Crippen LogP contribution in [0.1, 0.15) is 37.7 Å². The van der Waals surface area contributed by atoms with Crippen molar-refractivity contribution in [3.8, 4) is 0 Å². The predicted molar refractivity (Wildman–Crippen MR) is 52.8 cm³/mol. The second kappa shape index (κ2) is 4.82. The third kappa shape index (κ3) is 2.52. The van der Waals surface area contributed by atoms with Gasteiger partial charge in [-0.2, -0.15) is 13.2 Å². The van der Waals surface area contributed by atoms with E-state index >= 15 is 0 Å². The number of hydrogen-bond acceptors (Lipinski definition) is 3. The van der Waals surface area contributed by atoms with Gasteiger partial charge in [0.2, 0.25) is 0 Å². The average Bonchev–Trinajstić information content (AvgIpc) is 2.60. The summed E-state index contributed by atoms with van der Waals surface area (Å²) < 4.78 is 39.5. The van der Waals surface area contributed by atoms with E-state index in [0.29, 0.717) is 6.42 Å². The minimum absolute atomic E-state index is 0.0599. The maximum atomic E-state index is 12.8. The SMILES string of the molecule is CCC(C)n1nnc(CNC)c1C(F)(F)F. The molecule has 0 fully saturated rings. The lowest BCUT2D eigenvalue weighted by Crippen LogP contribution is -2.20. The molecule has 1 heterocycles. The van der Waals surface area contributed by atoms with Crippen LogP contribution < -0.4 is 5.32 Å². The molecule has 1 rings (SSSR count). The van der Waals surface area contributed by atoms with Crippen LogP contribution in [0.5, 0.6) is 0 Å². The fourth-order valence-corrected chi connectivity index (χ4v) is 1.39. The zero-order valence-corrected chi connectivity index (χ0v) is 9.47. The summed E-state index contributed by atoms with van der Waals surface area (Å²) in [7, 11) is 1.57. The van der Waals surface area contributed by atoms with Crippen LogP contribution in [-0.2, 0) is 12.7 Å². The Bertz CT molecular complexity index is 345. The van der Waals surface area contributed by atoms with Crippen LogP contribution in [0.2, 0.25) is 0 Å². The minimum atomic E-state index is -4.42. The number of nitrogens with zero attached hydrogens (tertiary/aromatic N) is 3. The normalized spacial score (nSPS) is 14.1. The van der Waals surface area contributed by atoms with Gasteiger partial charge in [-0.15, -0.1) is 5.10 Å². The summed E-state index contributed by atoms with van der Waals surface area (Å²) in [6.45, 7) is 3.56. The highest BCUT2D eigenvalue weighted by Gasteiger charge is 2.39. The van der Waals surface area contributed by atoms with Gasteiger partial charge in [-0.05, 0) is 20.4 Å². The predicted octanol–water partition coefficient (Wildman–Crippen LogP) is 1.99. The Morgan fingerprint density at radius 1 is 1.44 bits per heavy atom. The van der Waals surface area contributed by atoms with Crippen LogP contribution in [-0.4, -0.2) is 22.0 Å². The van der Waals surface area contributed by atoms with Crippen molar-refractivity contribution in [2.24, 2.45) is 0 Å². The third-order valence-electron chi connectivity index (χ3n) is 2.39. The highest BCUT2D eigenvalue weighted by atomic mass is 19.4. The summed E-state index contributed by atoms with van der Waals surface area (Å²) >= 11 is 0. The van der Waals surface area contributed by atoms with Gasteiger partial charge in [0.1, 0.15) is 5.69 Å². The van der Waals surface area contributed by atoms with Crippen molar-refractivity contribution in [3.05, 3.63) is 11.4 Å². The molecule has 92 valence electrons. The number of nitrogens with one attached hydrogen (secondary N) is 1. The van der Waals surface area contributed by atoms with E-state index < -0.39 is 11.9 Å². The highest BCUT2D eigenvalue weighted by molar-refractivity contribution is 5.14. The molecular formula is C9H15F3N4. The van der Waals surface area contributed by atoms with E-state index in [1.807, 2.05) is 6.92 Å². The summed E-state index contributed by atoms with van der Waals surface area (Å²) in [5.41, 5.74) is -0.813. The molecular weight excluding hydrogens is 221 g/mol. The maximum Gasteiger partial charge on any atom is 0.434 e. The van der Waals surface area contributed by atoms with Crippen molar-refractivity contribution in [1.82, 2.24) is 20.3 Å². The van der Waals surface area contributed by atoms with E-state index in [1.165, 1.54) is 0 Å². The summed E-state index contributed by atoms with van der Waals surface area (Å²) in [5.74, 6) is 0. The van der Waals surface area contributed by atoms with E-state index in [-0.39, 0.29) is 18.3 Å². The van der Waals surface area contributed by atoms with Crippen molar-refractivity contribution in [2.75, 3.05) is 7.05 Å². The first-order chi connectivity index (χ1) is 7.41. The number of alkyl halides is 3. The van der Waals surface area contributed by atoms with Gasteiger partial charge in [0.05, 0.1) is 6.04 Å². The zero-order chi connectivity index (χ0) is 12.3. The quantitative estimate of drug-likeness (QED) is 0.869. The smallest absolute Gasteiger partial charge is 0.314 e. The van der Waals surface area contributed by atoms with Gasteiger partial charge in [-0.3, -0.25) is 0 Å². The molecule has 0 bridgehead atoms. The monoisotopic (exact) mass is 236 g/mol. The van der Waals surface area contributed by atoms with Crippen molar-refractivity contribution in [3.63, 3.8) is 0 Å². The van der Waals surface area contributed by atoms with Crippen LogP contribution in [0, 0.1) is 0 Å². The first kappa shape index (κ1) is 13.0.